The van der Waals surface area contributed by atoms with Gasteiger partial charge in [-0.25, -0.2) is 9.59 Å². The monoisotopic (exact) mass is 436 g/mol. The van der Waals surface area contributed by atoms with E-state index in [1.54, 1.807) is 6.08 Å². The molecule has 1 aliphatic carbocycles. The Morgan fingerprint density at radius 2 is 1.66 bits per heavy atom. The third-order valence-electron chi connectivity index (χ3n) is 5.58. The Bertz CT molecular complexity index is 985. The van der Waals surface area contributed by atoms with Gasteiger partial charge < -0.3 is 20.5 Å². The maximum absolute atomic E-state index is 12.6. The number of carbonyl (C=O) groups excluding carboxylic acids is 2. The molecule has 0 saturated carbocycles. The summed E-state index contributed by atoms with van der Waals surface area (Å²) in [6.07, 6.45) is 1.64. The number of rotatable bonds is 9. The van der Waals surface area contributed by atoms with E-state index in [0.717, 1.165) is 22.3 Å². The minimum absolute atomic E-state index is 0.0976. The Labute approximate surface area is 187 Å². The summed E-state index contributed by atoms with van der Waals surface area (Å²) in [6, 6.07) is 15.1. The average molecular weight is 437 g/mol. The molecular weight excluding hydrogens is 408 g/mol. The SMILES string of the molecule is C=CCCC(NC(=O)OCC1c2ccccc2-c2ccccc21)C(=O)NC(C)(C)C(=O)O. The third-order valence-corrected chi connectivity index (χ3v) is 5.58. The van der Waals surface area contributed by atoms with Crippen LogP contribution in [-0.2, 0) is 14.3 Å². The molecule has 0 saturated heterocycles. The zero-order valence-electron chi connectivity index (χ0n) is 18.3. The first-order valence-corrected chi connectivity index (χ1v) is 10.5. The molecule has 0 fully saturated rings. The summed E-state index contributed by atoms with van der Waals surface area (Å²) in [5.74, 6) is -1.86. The number of carboxylic acids is 1. The van der Waals surface area contributed by atoms with Crippen LogP contribution in [0.1, 0.15) is 43.7 Å². The molecule has 0 heterocycles. The number of amides is 2. The van der Waals surface area contributed by atoms with E-state index in [4.69, 9.17) is 4.74 Å². The zero-order chi connectivity index (χ0) is 23.3. The van der Waals surface area contributed by atoms with E-state index in [0.29, 0.717) is 6.42 Å². The molecule has 3 rings (SSSR count). The molecule has 3 N–H and O–H groups in total. The van der Waals surface area contributed by atoms with Crippen molar-refractivity contribution >= 4 is 18.0 Å². The number of carbonyl (C=O) groups is 3. The molecule has 0 aliphatic heterocycles. The summed E-state index contributed by atoms with van der Waals surface area (Å²) in [6.45, 7) is 6.52. The predicted octanol–water partition coefficient (Wildman–Crippen LogP) is 3.84. The van der Waals surface area contributed by atoms with E-state index in [1.807, 2.05) is 48.5 Å². The number of carboxylic acid groups (broad SMARTS) is 1. The van der Waals surface area contributed by atoms with Gasteiger partial charge in [0.05, 0.1) is 0 Å². The van der Waals surface area contributed by atoms with E-state index in [9.17, 15) is 19.5 Å². The molecule has 0 radical (unpaired) electrons. The second kappa shape index (κ2) is 9.68. The minimum atomic E-state index is -1.47. The lowest BCUT2D eigenvalue weighted by molar-refractivity contribution is -0.146. The molecule has 1 atom stereocenters. The van der Waals surface area contributed by atoms with Crippen LogP contribution in [0.4, 0.5) is 4.79 Å². The number of nitrogens with one attached hydrogen (secondary N) is 2. The van der Waals surface area contributed by atoms with E-state index in [-0.39, 0.29) is 18.9 Å². The number of allylic oxidation sites excluding steroid dienone is 1. The molecule has 0 spiro atoms. The van der Waals surface area contributed by atoms with Crippen molar-refractivity contribution in [3.05, 3.63) is 72.3 Å². The zero-order valence-corrected chi connectivity index (χ0v) is 18.3. The number of ether oxygens (including phenoxy) is 1. The van der Waals surface area contributed by atoms with Gasteiger partial charge in [0.2, 0.25) is 5.91 Å². The number of alkyl carbamates (subject to hydrolysis) is 1. The lowest BCUT2D eigenvalue weighted by atomic mass is 9.98. The topological polar surface area (TPSA) is 105 Å². The maximum Gasteiger partial charge on any atom is 0.407 e. The third kappa shape index (κ3) is 4.99. The highest BCUT2D eigenvalue weighted by atomic mass is 16.5. The van der Waals surface area contributed by atoms with Crippen molar-refractivity contribution in [2.24, 2.45) is 0 Å². The molecule has 2 amide bonds. The summed E-state index contributed by atoms with van der Waals surface area (Å²) in [5.41, 5.74) is 2.95. The summed E-state index contributed by atoms with van der Waals surface area (Å²) in [7, 11) is 0. The number of hydrogen-bond donors (Lipinski definition) is 3. The van der Waals surface area contributed by atoms with Crippen molar-refractivity contribution in [2.75, 3.05) is 6.61 Å². The van der Waals surface area contributed by atoms with Crippen LogP contribution >= 0.6 is 0 Å². The molecule has 168 valence electrons. The second-order valence-corrected chi connectivity index (χ2v) is 8.31. The molecule has 32 heavy (non-hydrogen) atoms. The number of benzene rings is 2. The number of hydrogen-bond acceptors (Lipinski definition) is 4. The van der Waals surface area contributed by atoms with E-state index < -0.39 is 29.6 Å². The summed E-state index contributed by atoms with van der Waals surface area (Å²) in [5, 5.41) is 14.3. The Hall–Kier alpha value is -3.61. The second-order valence-electron chi connectivity index (χ2n) is 8.31. The molecule has 2 aromatic carbocycles. The summed E-state index contributed by atoms with van der Waals surface area (Å²) in [4.78, 5) is 36.5. The first-order valence-electron chi connectivity index (χ1n) is 10.5. The lowest BCUT2D eigenvalue weighted by Gasteiger charge is -2.25. The maximum atomic E-state index is 12.6. The van der Waals surface area contributed by atoms with Gasteiger partial charge in [-0.1, -0.05) is 54.6 Å². The fourth-order valence-electron chi connectivity index (χ4n) is 3.78. The number of aliphatic carboxylic acids is 1. The standard InChI is InChI=1S/C25H28N2O5/c1-4-5-14-21(22(28)27-25(2,3)23(29)30)26-24(31)32-15-20-18-12-8-6-10-16(18)17-11-7-9-13-19(17)20/h4,6-13,20-21H,1,5,14-15H2,2-3H3,(H,26,31)(H,27,28)(H,29,30). The molecule has 1 aliphatic rings. The smallest absolute Gasteiger partial charge is 0.407 e. The van der Waals surface area contributed by atoms with Crippen LogP contribution in [0.15, 0.2) is 61.2 Å². The van der Waals surface area contributed by atoms with Gasteiger partial charge in [-0.15, -0.1) is 6.58 Å². The largest absolute Gasteiger partial charge is 0.480 e. The average Bonchev–Trinajstić information content (AvgIpc) is 3.08. The fourth-order valence-corrected chi connectivity index (χ4v) is 3.78. The van der Waals surface area contributed by atoms with Crippen molar-refractivity contribution in [3.8, 4) is 11.1 Å². The van der Waals surface area contributed by atoms with E-state index in [1.165, 1.54) is 13.8 Å². The van der Waals surface area contributed by atoms with Crippen LogP contribution in [0.2, 0.25) is 0 Å². The molecule has 7 nitrogen and oxygen atoms in total. The van der Waals surface area contributed by atoms with Crippen LogP contribution < -0.4 is 10.6 Å². The molecular formula is C25H28N2O5. The normalized spacial score (nSPS) is 13.4. The molecule has 7 heteroatoms. The van der Waals surface area contributed by atoms with Crippen molar-refractivity contribution < 1.29 is 24.2 Å². The van der Waals surface area contributed by atoms with Gasteiger partial charge in [0.25, 0.3) is 0 Å². The van der Waals surface area contributed by atoms with Crippen molar-refractivity contribution in [1.82, 2.24) is 10.6 Å². The predicted molar refractivity (Wildman–Crippen MR) is 121 cm³/mol. The Morgan fingerprint density at radius 3 is 2.19 bits per heavy atom. The van der Waals surface area contributed by atoms with Gasteiger partial charge >= 0.3 is 12.1 Å². The van der Waals surface area contributed by atoms with Crippen LogP contribution in [0.5, 0.6) is 0 Å². The fraction of sp³-hybridized carbons (Fsp3) is 0.320. The number of fused-ring (bicyclic) bond motifs is 3. The Kier molecular flexibility index (Phi) is 6.98. The van der Waals surface area contributed by atoms with Crippen LogP contribution in [0.25, 0.3) is 11.1 Å². The highest BCUT2D eigenvalue weighted by Gasteiger charge is 2.33. The van der Waals surface area contributed by atoms with Crippen LogP contribution in [-0.4, -0.2) is 41.3 Å². The van der Waals surface area contributed by atoms with Gasteiger partial charge in [0, 0.05) is 5.92 Å². The van der Waals surface area contributed by atoms with Crippen LogP contribution in [0.3, 0.4) is 0 Å². The van der Waals surface area contributed by atoms with Gasteiger partial charge in [0.1, 0.15) is 18.2 Å². The highest BCUT2D eigenvalue weighted by Crippen LogP contribution is 2.44. The Balaban J connectivity index is 1.67. The first kappa shape index (κ1) is 23.1. The minimum Gasteiger partial charge on any atom is -0.480 e. The lowest BCUT2D eigenvalue weighted by Crippen LogP contribution is -2.56. The first-order chi connectivity index (χ1) is 15.2. The van der Waals surface area contributed by atoms with Crippen molar-refractivity contribution in [2.45, 2.75) is 44.2 Å². The quantitative estimate of drug-likeness (QED) is 0.518. The van der Waals surface area contributed by atoms with Gasteiger partial charge in [-0.2, -0.15) is 0 Å². The van der Waals surface area contributed by atoms with Gasteiger partial charge in [-0.3, -0.25) is 4.79 Å². The summed E-state index contributed by atoms with van der Waals surface area (Å²) < 4.78 is 5.51. The molecule has 2 aromatic rings. The van der Waals surface area contributed by atoms with Gasteiger partial charge in [0.15, 0.2) is 0 Å². The van der Waals surface area contributed by atoms with Crippen molar-refractivity contribution in [3.63, 3.8) is 0 Å². The van der Waals surface area contributed by atoms with Crippen molar-refractivity contribution in [1.29, 1.82) is 0 Å². The Morgan fingerprint density at radius 1 is 1.09 bits per heavy atom. The van der Waals surface area contributed by atoms with E-state index >= 15 is 0 Å². The van der Waals surface area contributed by atoms with Gasteiger partial charge in [-0.05, 0) is 48.9 Å². The summed E-state index contributed by atoms with van der Waals surface area (Å²) >= 11 is 0. The molecule has 1 unspecified atom stereocenters. The van der Waals surface area contributed by atoms with E-state index in [2.05, 4.69) is 17.2 Å². The molecule has 0 aromatic heterocycles. The van der Waals surface area contributed by atoms with Crippen LogP contribution in [0, 0.1) is 0 Å². The molecule has 0 bridgehead atoms. The highest BCUT2D eigenvalue weighted by molar-refractivity contribution is 5.90.